The molecule has 1 unspecified atom stereocenters. The summed E-state index contributed by atoms with van der Waals surface area (Å²) in [6.45, 7) is 4.65. The summed E-state index contributed by atoms with van der Waals surface area (Å²) in [7, 11) is -3.38. The van der Waals surface area contributed by atoms with Crippen LogP contribution in [0.4, 0.5) is 10.1 Å². The third kappa shape index (κ3) is 4.85. The van der Waals surface area contributed by atoms with Gasteiger partial charge >= 0.3 is 5.56 Å². The maximum atomic E-state index is 14.4. The van der Waals surface area contributed by atoms with Crippen molar-refractivity contribution in [1.82, 2.24) is 14.1 Å². The monoisotopic (exact) mass is 546 g/mol. The maximum absolute atomic E-state index is 14.4. The van der Waals surface area contributed by atoms with E-state index < -0.39 is 26.9 Å². The molecule has 11 heteroatoms. The van der Waals surface area contributed by atoms with Crippen LogP contribution >= 0.6 is 11.6 Å². The van der Waals surface area contributed by atoms with Crippen molar-refractivity contribution in [3.8, 4) is 11.4 Å². The number of aromatic nitrogens is 2. The minimum atomic E-state index is -3.38. The zero-order valence-electron chi connectivity index (χ0n) is 20.6. The van der Waals surface area contributed by atoms with Gasteiger partial charge in [-0.25, -0.2) is 12.8 Å². The Morgan fingerprint density at radius 1 is 1.11 bits per heavy atom. The molecule has 8 nitrogen and oxygen atoms in total. The smallest absolute Gasteiger partial charge is 0.316 e. The predicted octanol–water partition coefficient (Wildman–Crippen LogP) is 3.95. The highest BCUT2D eigenvalue weighted by molar-refractivity contribution is 7.89. The summed E-state index contributed by atoms with van der Waals surface area (Å²) in [5.74, 6) is -0.186. The van der Waals surface area contributed by atoms with Gasteiger partial charge in [-0.05, 0) is 62.1 Å². The summed E-state index contributed by atoms with van der Waals surface area (Å²) >= 11 is 6.15. The molecule has 1 aliphatic heterocycles. The molecular formula is C26H28ClFN4O4S. The first-order valence-electron chi connectivity index (χ1n) is 12.2. The number of piperazine rings is 1. The average Bonchev–Trinajstić information content (AvgIpc) is 3.29. The molecule has 2 aliphatic rings. The van der Waals surface area contributed by atoms with Crippen molar-refractivity contribution in [1.29, 1.82) is 0 Å². The van der Waals surface area contributed by atoms with Crippen LogP contribution < -0.4 is 15.2 Å². The van der Waals surface area contributed by atoms with E-state index in [2.05, 4.69) is 5.10 Å². The van der Waals surface area contributed by atoms with Crippen molar-refractivity contribution in [2.45, 2.75) is 38.0 Å². The highest BCUT2D eigenvalue weighted by atomic mass is 35.5. The zero-order valence-corrected chi connectivity index (χ0v) is 22.2. The Kier molecular flexibility index (Phi) is 6.99. The second-order valence-electron chi connectivity index (χ2n) is 9.49. The molecule has 5 rings (SSSR count). The number of anilines is 1. The third-order valence-electron chi connectivity index (χ3n) is 6.92. The summed E-state index contributed by atoms with van der Waals surface area (Å²) in [6.07, 6.45) is 2.12. The van der Waals surface area contributed by atoms with E-state index >= 15 is 0 Å². The van der Waals surface area contributed by atoms with E-state index in [-0.39, 0.29) is 24.7 Å². The van der Waals surface area contributed by atoms with Crippen LogP contribution in [-0.2, 0) is 16.4 Å². The van der Waals surface area contributed by atoms with Gasteiger partial charge in [0.15, 0.2) is 0 Å². The van der Waals surface area contributed by atoms with Crippen molar-refractivity contribution in [3.63, 3.8) is 0 Å². The third-order valence-corrected chi connectivity index (χ3v) is 9.43. The molecule has 0 amide bonds. The summed E-state index contributed by atoms with van der Waals surface area (Å²) in [5, 5.41) is 4.34. The molecule has 1 aromatic heterocycles. The molecular weight excluding hydrogens is 519 g/mol. The van der Waals surface area contributed by atoms with Crippen molar-refractivity contribution in [2.75, 3.05) is 31.1 Å². The van der Waals surface area contributed by atoms with Crippen molar-refractivity contribution in [2.24, 2.45) is 0 Å². The lowest BCUT2D eigenvalue weighted by atomic mass is 10.1. The van der Waals surface area contributed by atoms with Gasteiger partial charge in [0, 0.05) is 31.2 Å². The standard InChI is InChI=1S/C26H28ClFN4O4S/c1-17(2)37(34,35)31-13-11-30(12-14-31)23-16-29-32(19-6-3-5-18(27)15-19)26(33)25(23)36-24-10-9-20-21(24)7-4-8-22(20)28/h3-8,15-17,24H,9-14H2,1-2H3. The molecule has 0 N–H and O–H groups in total. The van der Waals surface area contributed by atoms with E-state index in [4.69, 9.17) is 16.3 Å². The molecule has 2 heterocycles. The Hall–Kier alpha value is -2.95. The SMILES string of the molecule is CC(C)S(=O)(=O)N1CCN(c2cnn(-c3cccc(Cl)c3)c(=O)c2OC2CCc3c(F)cccc32)CC1. The van der Waals surface area contributed by atoms with Gasteiger partial charge in [0.2, 0.25) is 15.8 Å². The number of sulfonamides is 1. The Morgan fingerprint density at radius 3 is 2.54 bits per heavy atom. The second-order valence-corrected chi connectivity index (χ2v) is 12.4. The van der Waals surface area contributed by atoms with E-state index in [0.717, 1.165) is 5.56 Å². The molecule has 1 saturated heterocycles. The van der Waals surface area contributed by atoms with Gasteiger partial charge in [0.05, 0.1) is 17.1 Å². The highest BCUT2D eigenvalue weighted by Crippen LogP contribution is 2.38. The Labute approximate surface area is 220 Å². The molecule has 1 atom stereocenters. The van der Waals surface area contributed by atoms with Gasteiger partial charge in [-0.2, -0.15) is 14.1 Å². The normalized spacial score (nSPS) is 18.3. The first-order chi connectivity index (χ1) is 17.7. The lowest BCUT2D eigenvalue weighted by Gasteiger charge is -2.36. The van der Waals surface area contributed by atoms with Crippen LogP contribution in [0.5, 0.6) is 5.75 Å². The minimum absolute atomic E-state index is 0.0947. The van der Waals surface area contributed by atoms with Crippen LogP contribution in [0.1, 0.15) is 37.5 Å². The van der Waals surface area contributed by atoms with Crippen LogP contribution in [0, 0.1) is 5.82 Å². The van der Waals surface area contributed by atoms with Crippen molar-refractivity contribution >= 4 is 27.3 Å². The molecule has 0 spiro atoms. The summed E-state index contributed by atoms with van der Waals surface area (Å²) in [6, 6.07) is 11.7. The second kappa shape index (κ2) is 10.1. The van der Waals surface area contributed by atoms with Crippen molar-refractivity contribution in [3.05, 3.63) is 81.0 Å². The maximum Gasteiger partial charge on any atom is 0.316 e. The highest BCUT2D eigenvalue weighted by Gasteiger charge is 2.33. The fourth-order valence-electron chi connectivity index (χ4n) is 4.88. The van der Waals surface area contributed by atoms with Gasteiger partial charge in [-0.1, -0.05) is 29.8 Å². The van der Waals surface area contributed by atoms with E-state index in [1.807, 2.05) is 11.0 Å². The molecule has 196 valence electrons. The van der Waals surface area contributed by atoms with Crippen LogP contribution in [0.2, 0.25) is 5.02 Å². The summed E-state index contributed by atoms with van der Waals surface area (Å²) < 4.78 is 48.7. The van der Waals surface area contributed by atoms with E-state index in [9.17, 15) is 17.6 Å². The van der Waals surface area contributed by atoms with Crippen LogP contribution in [-0.4, -0.2) is 53.9 Å². The first-order valence-corrected chi connectivity index (χ1v) is 14.1. The van der Waals surface area contributed by atoms with Crippen LogP contribution in [0.3, 0.4) is 0 Å². The average molecular weight is 547 g/mol. The molecule has 0 saturated carbocycles. The number of hydrogen-bond acceptors (Lipinski definition) is 6. The molecule has 1 fully saturated rings. The number of fused-ring (bicyclic) bond motifs is 1. The molecule has 0 bridgehead atoms. The van der Waals surface area contributed by atoms with E-state index in [1.165, 1.54) is 15.1 Å². The number of ether oxygens (including phenoxy) is 1. The van der Waals surface area contributed by atoms with E-state index in [1.54, 1.807) is 50.4 Å². The predicted molar refractivity (Wildman–Crippen MR) is 141 cm³/mol. The number of hydrogen-bond donors (Lipinski definition) is 0. The van der Waals surface area contributed by atoms with Gasteiger partial charge in [-0.3, -0.25) is 4.79 Å². The molecule has 0 radical (unpaired) electrons. The number of benzene rings is 2. The Morgan fingerprint density at radius 2 is 1.84 bits per heavy atom. The molecule has 37 heavy (non-hydrogen) atoms. The van der Waals surface area contributed by atoms with Crippen molar-refractivity contribution < 1.29 is 17.5 Å². The van der Waals surface area contributed by atoms with Gasteiger partial charge < -0.3 is 9.64 Å². The minimum Gasteiger partial charge on any atom is -0.478 e. The largest absolute Gasteiger partial charge is 0.478 e. The lowest BCUT2D eigenvalue weighted by Crippen LogP contribution is -2.50. The topological polar surface area (TPSA) is 84.7 Å². The Balaban J connectivity index is 1.52. The number of rotatable bonds is 6. The quantitative estimate of drug-likeness (QED) is 0.465. The molecule has 1 aliphatic carbocycles. The van der Waals surface area contributed by atoms with Crippen LogP contribution in [0.25, 0.3) is 5.69 Å². The fourth-order valence-corrected chi connectivity index (χ4v) is 6.33. The molecule has 2 aromatic carbocycles. The van der Waals surface area contributed by atoms with Crippen LogP contribution in [0.15, 0.2) is 53.5 Å². The fraction of sp³-hybridized carbons (Fsp3) is 0.385. The van der Waals surface area contributed by atoms with E-state index in [0.29, 0.717) is 47.9 Å². The number of nitrogens with zero attached hydrogens (tertiary/aromatic N) is 4. The number of halogens is 2. The van der Waals surface area contributed by atoms with Gasteiger partial charge in [-0.15, -0.1) is 0 Å². The molecule has 3 aromatic rings. The van der Waals surface area contributed by atoms with Gasteiger partial charge in [0.25, 0.3) is 0 Å². The lowest BCUT2D eigenvalue weighted by molar-refractivity contribution is 0.203. The summed E-state index contributed by atoms with van der Waals surface area (Å²) in [5.41, 5.74) is 1.83. The first kappa shape index (κ1) is 25.7. The zero-order chi connectivity index (χ0) is 26.3. The van der Waals surface area contributed by atoms with Gasteiger partial charge in [0.1, 0.15) is 17.6 Å². The summed E-state index contributed by atoms with van der Waals surface area (Å²) in [4.78, 5) is 15.7. The Bertz CT molecular complexity index is 1490.